The predicted octanol–water partition coefficient (Wildman–Crippen LogP) is 0.485. The van der Waals surface area contributed by atoms with Gasteiger partial charge in [-0.05, 0) is 19.9 Å². The van der Waals surface area contributed by atoms with Gasteiger partial charge in [0.1, 0.15) is 0 Å². The van der Waals surface area contributed by atoms with Crippen molar-refractivity contribution >= 4 is 10.0 Å². The Morgan fingerprint density at radius 1 is 1.45 bits per heavy atom. The first kappa shape index (κ1) is 17.1. The molecule has 1 heterocycles. The van der Waals surface area contributed by atoms with Gasteiger partial charge in [0.25, 0.3) is 10.0 Å². The van der Waals surface area contributed by atoms with Gasteiger partial charge in [0.05, 0.1) is 6.61 Å². The average molecular weight is 304 g/mol. The molecule has 0 saturated carbocycles. The fraction of sp³-hybridized carbons (Fsp3) is 0.750. The third kappa shape index (κ3) is 4.02. The topological polar surface area (TPSA) is 87.3 Å². The molecule has 0 unspecified atom stereocenters. The molecule has 0 radical (unpaired) electrons. The van der Waals surface area contributed by atoms with Gasteiger partial charge in [-0.25, -0.2) is 8.42 Å². The van der Waals surface area contributed by atoms with Crippen LogP contribution < -0.4 is 5.32 Å². The molecular weight excluding hydrogens is 280 g/mol. The minimum atomic E-state index is -3.59. The molecule has 2 N–H and O–H groups in total. The maximum atomic E-state index is 12.5. The van der Waals surface area contributed by atoms with Crippen molar-refractivity contribution in [2.75, 3.05) is 33.9 Å². The maximum Gasteiger partial charge on any atom is 0.262 e. The molecular formula is C12H24N4O3S. The van der Waals surface area contributed by atoms with Gasteiger partial charge in [-0.15, -0.1) is 0 Å². The lowest BCUT2D eigenvalue weighted by Crippen LogP contribution is -2.31. The molecule has 0 saturated heterocycles. The molecule has 8 heteroatoms. The SMILES string of the molecule is CCCNCc1c(S(=O)(=O)N(C)CCOC)n[nH]c1C. The van der Waals surface area contributed by atoms with Crippen LogP contribution in [0.2, 0.25) is 0 Å². The summed E-state index contributed by atoms with van der Waals surface area (Å²) in [5.74, 6) is 0. The van der Waals surface area contributed by atoms with Crippen LogP contribution in [0.5, 0.6) is 0 Å². The Morgan fingerprint density at radius 2 is 2.15 bits per heavy atom. The molecule has 1 aromatic heterocycles. The monoisotopic (exact) mass is 304 g/mol. The Balaban J connectivity index is 2.94. The van der Waals surface area contributed by atoms with Crippen molar-refractivity contribution in [3.05, 3.63) is 11.3 Å². The quantitative estimate of drug-likeness (QED) is 0.648. The zero-order valence-corrected chi connectivity index (χ0v) is 13.4. The zero-order valence-electron chi connectivity index (χ0n) is 12.6. The van der Waals surface area contributed by atoms with E-state index in [1.165, 1.54) is 11.4 Å². The van der Waals surface area contributed by atoms with Gasteiger partial charge >= 0.3 is 0 Å². The highest BCUT2D eigenvalue weighted by Gasteiger charge is 2.27. The van der Waals surface area contributed by atoms with Crippen LogP contribution in [-0.4, -0.2) is 56.8 Å². The van der Waals surface area contributed by atoms with Crippen LogP contribution in [0.3, 0.4) is 0 Å². The van der Waals surface area contributed by atoms with Crippen LogP contribution in [0.4, 0.5) is 0 Å². The van der Waals surface area contributed by atoms with Crippen LogP contribution in [0.1, 0.15) is 24.6 Å². The molecule has 0 amide bonds. The second-order valence-electron chi connectivity index (χ2n) is 4.63. The normalized spacial score (nSPS) is 12.2. The average Bonchev–Trinajstić information content (AvgIpc) is 2.78. The summed E-state index contributed by atoms with van der Waals surface area (Å²) in [7, 11) is -0.517. The lowest BCUT2D eigenvalue weighted by molar-refractivity contribution is 0.185. The summed E-state index contributed by atoms with van der Waals surface area (Å²) in [6.45, 7) is 5.86. The van der Waals surface area contributed by atoms with Gasteiger partial charge in [-0.2, -0.15) is 9.40 Å². The van der Waals surface area contributed by atoms with Crippen molar-refractivity contribution in [3.8, 4) is 0 Å². The Hall–Kier alpha value is -0.960. The van der Waals surface area contributed by atoms with E-state index in [9.17, 15) is 8.42 Å². The number of methoxy groups -OCH3 is 1. The Labute approximate surface area is 120 Å². The molecule has 0 aromatic carbocycles. The first-order valence-electron chi connectivity index (χ1n) is 6.65. The summed E-state index contributed by atoms with van der Waals surface area (Å²) >= 11 is 0. The number of aromatic nitrogens is 2. The summed E-state index contributed by atoms with van der Waals surface area (Å²) in [6, 6.07) is 0. The van der Waals surface area contributed by atoms with Crippen molar-refractivity contribution in [2.45, 2.75) is 31.8 Å². The third-order valence-corrected chi connectivity index (χ3v) is 4.86. The van der Waals surface area contributed by atoms with Gasteiger partial charge < -0.3 is 10.1 Å². The zero-order chi connectivity index (χ0) is 15.2. The molecule has 0 atom stereocenters. The highest BCUT2D eigenvalue weighted by Crippen LogP contribution is 2.19. The number of nitrogens with one attached hydrogen (secondary N) is 2. The minimum absolute atomic E-state index is 0.0946. The molecule has 0 aliphatic heterocycles. The number of hydrogen-bond acceptors (Lipinski definition) is 5. The smallest absolute Gasteiger partial charge is 0.262 e. The first-order chi connectivity index (χ1) is 9.45. The van der Waals surface area contributed by atoms with Crippen LogP contribution in [0.25, 0.3) is 0 Å². The molecule has 0 fully saturated rings. The molecule has 0 aliphatic carbocycles. The van der Waals surface area contributed by atoms with E-state index in [2.05, 4.69) is 22.4 Å². The molecule has 20 heavy (non-hydrogen) atoms. The summed E-state index contributed by atoms with van der Waals surface area (Å²) in [5.41, 5.74) is 1.47. The molecule has 7 nitrogen and oxygen atoms in total. The van der Waals surface area contributed by atoms with Gasteiger partial charge in [-0.3, -0.25) is 5.10 Å². The lowest BCUT2D eigenvalue weighted by Gasteiger charge is -2.16. The van der Waals surface area contributed by atoms with E-state index in [0.717, 1.165) is 18.7 Å². The number of nitrogens with zero attached hydrogens (tertiary/aromatic N) is 2. The molecule has 0 bridgehead atoms. The van der Waals surface area contributed by atoms with Gasteiger partial charge in [0.2, 0.25) is 0 Å². The van der Waals surface area contributed by atoms with Crippen LogP contribution >= 0.6 is 0 Å². The highest BCUT2D eigenvalue weighted by molar-refractivity contribution is 7.89. The van der Waals surface area contributed by atoms with Gasteiger partial charge in [0.15, 0.2) is 5.03 Å². The van der Waals surface area contributed by atoms with Crippen molar-refractivity contribution in [1.29, 1.82) is 0 Å². The standard InChI is InChI=1S/C12H24N4O3S/c1-5-6-13-9-11-10(2)14-15-12(11)20(17,18)16(3)7-8-19-4/h13H,5-9H2,1-4H3,(H,14,15). The van der Waals surface area contributed by atoms with E-state index in [4.69, 9.17) is 4.74 Å². The number of hydrogen-bond donors (Lipinski definition) is 2. The minimum Gasteiger partial charge on any atom is -0.383 e. The highest BCUT2D eigenvalue weighted by atomic mass is 32.2. The number of H-pyrrole nitrogens is 1. The second-order valence-corrected chi connectivity index (χ2v) is 6.59. The van der Waals surface area contributed by atoms with Crippen molar-refractivity contribution < 1.29 is 13.2 Å². The fourth-order valence-corrected chi connectivity index (χ4v) is 3.04. The van der Waals surface area contributed by atoms with E-state index < -0.39 is 10.0 Å². The number of rotatable bonds is 9. The van der Waals surface area contributed by atoms with E-state index >= 15 is 0 Å². The fourth-order valence-electron chi connectivity index (χ4n) is 1.73. The molecule has 0 aliphatic rings. The van der Waals surface area contributed by atoms with Crippen LogP contribution in [-0.2, 0) is 21.3 Å². The Bertz CT molecular complexity index is 513. The van der Waals surface area contributed by atoms with E-state index in [1.807, 2.05) is 6.92 Å². The summed E-state index contributed by atoms with van der Waals surface area (Å²) < 4.78 is 31.1. The first-order valence-corrected chi connectivity index (χ1v) is 8.09. The van der Waals surface area contributed by atoms with Gasteiger partial charge in [0, 0.05) is 38.5 Å². The van der Waals surface area contributed by atoms with E-state index in [1.54, 1.807) is 7.11 Å². The van der Waals surface area contributed by atoms with E-state index in [0.29, 0.717) is 25.3 Å². The summed E-state index contributed by atoms with van der Waals surface area (Å²) in [5, 5.41) is 10.0. The molecule has 0 spiro atoms. The van der Waals surface area contributed by atoms with Gasteiger partial charge in [-0.1, -0.05) is 6.92 Å². The predicted molar refractivity (Wildman–Crippen MR) is 77.0 cm³/mol. The maximum absolute atomic E-state index is 12.5. The molecule has 1 aromatic rings. The number of aromatic amines is 1. The molecule has 116 valence electrons. The largest absolute Gasteiger partial charge is 0.383 e. The Kier molecular flexibility index (Phi) is 6.60. The summed E-state index contributed by atoms with van der Waals surface area (Å²) in [4.78, 5) is 0. The lowest BCUT2D eigenvalue weighted by atomic mass is 10.2. The molecule has 1 rings (SSSR count). The number of sulfonamides is 1. The number of ether oxygens (including phenoxy) is 1. The third-order valence-electron chi connectivity index (χ3n) is 3.03. The van der Waals surface area contributed by atoms with Crippen LogP contribution in [0, 0.1) is 6.92 Å². The second kappa shape index (κ2) is 7.72. The van der Waals surface area contributed by atoms with E-state index in [-0.39, 0.29) is 5.03 Å². The summed E-state index contributed by atoms with van der Waals surface area (Å²) in [6.07, 6.45) is 0.993. The van der Waals surface area contributed by atoms with Crippen molar-refractivity contribution in [1.82, 2.24) is 19.8 Å². The number of aryl methyl sites for hydroxylation is 1. The van der Waals surface area contributed by atoms with Crippen LogP contribution in [0.15, 0.2) is 5.03 Å². The number of likely N-dealkylation sites (N-methyl/N-ethyl adjacent to an activating group) is 1. The Morgan fingerprint density at radius 3 is 2.75 bits per heavy atom. The van der Waals surface area contributed by atoms with Crippen molar-refractivity contribution in [2.24, 2.45) is 0 Å². The van der Waals surface area contributed by atoms with Crippen molar-refractivity contribution in [3.63, 3.8) is 0 Å².